The van der Waals surface area contributed by atoms with Gasteiger partial charge in [0.1, 0.15) is 13.2 Å². The Morgan fingerprint density at radius 1 is 1.39 bits per heavy atom. The first-order chi connectivity index (χ1) is 8.49. The fraction of sp³-hybridized carbons (Fsp3) is 0.200. The molecule has 1 amide bonds. The molecule has 0 radical (unpaired) electrons. The number of benzene rings is 1. The molecule has 0 bridgehead atoms. The monoisotopic (exact) mass is 254 g/mol. The van der Waals surface area contributed by atoms with Crippen molar-refractivity contribution >= 4 is 23.3 Å². The number of hydrogen-bond acceptors (Lipinski definition) is 5. The number of carbonyl (C=O) groups excluding carboxylic acids is 1. The van der Waals surface area contributed by atoms with Crippen molar-refractivity contribution < 1.29 is 24.4 Å². The third-order valence-corrected chi connectivity index (χ3v) is 1.80. The number of ether oxygens (including phenoxy) is 1. The zero-order valence-corrected chi connectivity index (χ0v) is 9.16. The quantitative estimate of drug-likeness (QED) is 0.567. The maximum absolute atomic E-state index is 11.3. The minimum Gasteiger partial charge on any atom is -0.480 e. The normalized spacial score (nSPS) is 9.78. The Bertz CT molecular complexity index is 473. The van der Waals surface area contributed by atoms with Gasteiger partial charge in [-0.1, -0.05) is 6.07 Å². The maximum Gasteiger partial charge on any atom is 0.329 e. The van der Waals surface area contributed by atoms with Crippen molar-refractivity contribution in [3.05, 3.63) is 34.4 Å². The molecule has 0 saturated carbocycles. The Morgan fingerprint density at radius 2 is 2.11 bits per heavy atom. The van der Waals surface area contributed by atoms with E-state index >= 15 is 0 Å². The number of rotatable bonds is 6. The largest absolute Gasteiger partial charge is 0.480 e. The molecule has 1 aromatic rings. The lowest BCUT2D eigenvalue weighted by atomic mass is 10.3. The molecule has 0 unspecified atom stereocenters. The number of carboxylic acids is 1. The summed E-state index contributed by atoms with van der Waals surface area (Å²) in [5.74, 6) is -1.77. The van der Waals surface area contributed by atoms with Crippen LogP contribution in [0.5, 0.6) is 0 Å². The molecule has 8 heteroatoms. The van der Waals surface area contributed by atoms with Gasteiger partial charge in [0, 0.05) is 17.8 Å². The van der Waals surface area contributed by atoms with Gasteiger partial charge < -0.3 is 15.2 Å². The lowest BCUT2D eigenvalue weighted by Gasteiger charge is -2.04. The second-order valence-electron chi connectivity index (χ2n) is 3.24. The molecule has 1 aromatic carbocycles. The summed E-state index contributed by atoms with van der Waals surface area (Å²) in [7, 11) is 0. The lowest BCUT2D eigenvalue weighted by molar-refractivity contribution is -0.384. The molecule has 8 nitrogen and oxygen atoms in total. The molecule has 0 spiro atoms. The van der Waals surface area contributed by atoms with Crippen LogP contribution in [0.3, 0.4) is 0 Å². The fourth-order valence-electron chi connectivity index (χ4n) is 1.13. The maximum atomic E-state index is 11.3. The molecule has 2 N–H and O–H groups in total. The molecule has 0 aliphatic carbocycles. The molecule has 0 saturated heterocycles. The summed E-state index contributed by atoms with van der Waals surface area (Å²) < 4.78 is 4.56. The molecule has 0 heterocycles. The zero-order valence-electron chi connectivity index (χ0n) is 9.16. The summed E-state index contributed by atoms with van der Waals surface area (Å²) in [6.45, 7) is -1.02. The number of carbonyl (C=O) groups is 2. The van der Waals surface area contributed by atoms with E-state index in [9.17, 15) is 19.7 Å². The number of nitro benzene ring substituents is 1. The van der Waals surface area contributed by atoms with E-state index in [0.29, 0.717) is 0 Å². The van der Waals surface area contributed by atoms with Gasteiger partial charge in [-0.3, -0.25) is 14.9 Å². The lowest BCUT2D eigenvalue weighted by Crippen LogP contribution is -2.20. The Labute approximate surface area is 101 Å². The predicted molar refractivity (Wildman–Crippen MR) is 60.2 cm³/mol. The number of nitrogens with zero attached hydrogens (tertiary/aromatic N) is 1. The average molecular weight is 254 g/mol. The van der Waals surface area contributed by atoms with E-state index in [0.717, 1.165) is 0 Å². The Balaban J connectivity index is 2.51. The molecule has 0 aliphatic rings. The van der Waals surface area contributed by atoms with Gasteiger partial charge in [0.2, 0.25) is 5.91 Å². The van der Waals surface area contributed by atoms with E-state index in [1.165, 1.54) is 24.3 Å². The van der Waals surface area contributed by atoms with E-state index in [1.807, 2.05) is 0 Å². The van der Waals surface area contributed by atoms with Gasteiger partial charge in [0.05, 0.1) is 4.92 Å². The number of carboxylic acid groups (broad SMARTS) is 1. The number of non-ortho nitro benzene ring substituents is 1. The molecule has 0 fully saturated rings. The van der Waals surface area contributed by atoms with E-state index in [-0.39, 0.29) is 11.4 Å². The Kier molecular flexibility index (Phi) is 4.76. The minimum atomic E-state index is -1.18. The molecule has 0 atom stereocenters. The Hall–Kier alpha value is -2.48. The van der Waals surface area contributed by atoms with Crippen LogP contribution in [0.15, 0.2) is 24.3 Å². The zero-order chi connectivity index (χ0) is 13.5. The van der Waals surface area contributed by atoms with Gasteiger partial charge in [-0.25, -0.2) is 4.79 Å². The SMILES string of the molecule is O=C(O)COCC(=O)Nc1cccc([N+](=O)[O-])c1. The molecule has 18 heavy (non-hydrogen) atoms. The summed E-state index contributed by atoms with van der Waals surface area (Å²) in [5.41, 5.74) is 0.0902. The van der Waals surface area contributed by atoms with E-state index in [4.69, 9.17) is 5.11 Å². The fourth-order valence-corrected chi connectivity index (χ4v) is 1.13. The number of hydrogen-bond donors (Lipinski definition) is 2. The van der Waals surface area contributed by atoms with E-state index < -0.39 is 30.0 Å². The molecule has 0 aliphatic heterocycles. The van der Waals surface area contributed by atoms with Crippen LogP contribution in [0.25, 0.3) is 0 Å². The Morgan fingerprint density at radius 3 is 2.72 bits per heavy atom. The number of amides is 1. The van der Waals surface area contributed by atoms with Crippen molar-refractivity contribution in [3.63, 3.8) is 0 Å². The predicted octanol–water partition coefficient (Wildman–Crippen LogP) is 0.634. The van der Waals surface area contributed by atoms with Crippen LogP contribution in [0.1, 0.15) is 0 Å². The second-order valence-corrected chi connectivity index (χ2v) is 3.24. The third kappa shape index (κ3) is 4.58. The highest BCUT2D eigenvalue weighted by Gasteiger charge is 2.08. The van der Waals surface area contributed by atoms with Gasteiger partial charge >= 0.3 is 5.97 Å². The summed E-state index contributed by atoms with van der Waals surface area (Å²) in [6.07, 6.45) is 0. The number of nitro groups is 1. The third-order valence-electron chi connectivity index (χ3n) is 1.80. The first kappa shape index (κ1) is 13.6. The van der Waals surface area contributed by atoms with Gasteiger partial charge in [-0.2, -0.15) is 0 Å². The van der Waals surface area contributed by atoms with Crippen LogP contribution in [-0.2, 0) is 14.3 Å². The summed E-state index contributed by atoms with van der Waals surface area (Å²) in [5, 5.41) is 21.1. The smallest absolute Gasteiger partial charge is 0.329 e. The number of nitrogens with one attached hydrogen (secondary N) is 1. The second kappa shape index (κ2) is 6.30. The average Bonchev–Trinajstić information content (AvgIpc) is 2.28. The molecular weight excluding hydrogens is 244 g/mol. The van der Waals surface area contributed by atoms with Crippen LogP contribution < -0.4 is 5.32 Å². The number of aliphatic carboxylic acids is 1. The highest BCUT2D eigenvalue weighted by molar-refractivity contribution is 5.92. The van der Waals surface area contributed by atoms with Crippen molar-refractivity contribution in [2.45, 2.75) is 0 Å². The van der Waals surface area contributed by atoms with Crippen molar-refractivity contribution in [1.82, 2.24) is 0 Å². The van der Waals surface area contributed by atoms with Gasteiger partial charge in [0.25, 0.3) is 5.69 Å². The highest BCUT2D eigenvalue weighted by atomic mass is 16.6. The topological polar surface area (TPSA) is 119 Å². The van der Waals surface area contributed by atoms with Crippen molar-refractivity contribution in [2.75, 3.05) is 18.5 Å². The van der Waals surface area contributed by atoms with Crippen LogP contribution >= 0.6 is 0 Å². The summed E-state index contributed by atoms with van der Waals surface area (Å²) >= 11 is 0. The van der Waals surface area contributed by atoms with Gasteiger partial charge in [-0.15, -0.1) is 0 Å². The van der Waals surface area contributed by atoms with Crippen LogP contribution in [0.2, 0.25) is 0 Å². The highest BCUT2D eigenvalue weighted by Crippen LogP contribution is 2.16. The molecule has 0 aromatic heterocycles. The van der Waals surface area contributed by atoms with E-state index in [1.54, 1.807) is 0 Å². The van der Waals surface area contributed by atoms with Crippen molar-refractivity contribution in [2.24, 2.45) is 0 Å². The van der Waals surface area contributed by atoms with Crippen LogP contribution in [0.4, 0.5) is 11.4 Å². The first-order valence-corrected chi connectivity index (χ1v) is 4.83. The summed E-state index contributed by atoms with van der Waals surface area (Å²) in [4.78, 5) is 31.3. The van der Waals surface area contributed by atoms with Crippen LogP contribution in [0, 0.1) is 10.1 Å². The molecule has 96 valence electrons. The van der Waals surface area contributed by atoms with Gasteiger partial charge in [0.15, 0.2) is 0 Å². The summed E-state index contributed by atoms with van der Waals surface area (Å²) in [6, 6.07) is 5.37. The molecular formula is C10H10N2O6. The van der Waals surface area contributed by atoms with Crippen molar-refractivity contribution in [3.8, 4) is 0 Å². The van der Waals surface area contributed by atoms with Gasteiger partial charge in [-0.05, 0) is 6.07 Å². The van der Waals surface area contributed by atoms with E-state index in [2.05, 4.69) is 10.1 Å². The standard InChI is InChI=1S/C10H10N2O6/c13-9(5-18-6-10(14)15)11-7-2-1-3-8(4-7)12(16)17/h1-4H,5-6H2,(H,11,13)(H,14,15). The minimum absolute atomic E-state index is 0.153. The van der Waals surface area contributed by atoms with Crippen LogP contribution in [-0.4, -0.2) is 35.1 Å². The molecule has 1 rings (SSSR count). The van der Waals surface area contributed by atoms with Crippen molar-refractivity contribution in [1.29, 1.82) is 0 Å². The first-order valence-electron chi connectivity index (χ1n) is 4.83. The number of anilines is 1.